The number of aromatic hydroxyl groups is 1. The number of amides is 1. The summed E-state index contributed by atoms with van der Waals surface area (Å²) in [5.74, 6) is 3.20. The molecular weight excluding hydrogens is 506 g/mol. The fourth-order valence-electron chi connectivity index (χ4n) is 6.30. The average Bonchev–Trinajstić information content (AvgIpc) is 3.87. The summed E-state index contributed by atoms with van der Waals surface area (Å²) in [6, 6.07) is 20.2. The normalized spacial score (nSPS) is 17.4. The lowest BCUT2D eigenvalue weighted by Crippen LogP contribution is -2.36. The van der Waals surface area contributed by atoms with Crippen molar-refractivity contribution in [1.29, 1.82) is 0 Å². The Kier molecular flexibility index (Phi) is 8.50. The maximum atomic E-state index is 14.5. The van der Waals surface area contributed by atoms with Crippen molar-refractivity contribution in [2.75, 3.05) is 4.90 Å². The van der Waals surface area contributed by atoms with E-state index in [0.29, 0.717) is 29.3 Å². The van der Waals surface area contributed by atoms with Gasteiger partial charge in [0.05, 0.1) is 6.04 Å². The van der Waals surface area contributed by atoms with Crippen molar-refractivity contribution in [1.82, 2.24) is 0 Å². The molecular formula is C37H47NO3. The third-order valence-corrected chi connectivity index (χ3v) is 9.45. The summed E-state index contributed by atoms with van der Waals surface area (Å²) in [6.45, 7) is 15.0. The van der Waals surface area contributed by atoms with Gasteiger partial charge in [0, 0.05) is 5.69 Å². The van der Waals surface area contributed by atoms with Gasteiger partial charge < -0.3 is 9.84 Å². The Morgan fingerprint density at radius 1 is 0.732 bits per heavy atom. The summed E-state index contributed by atoms with van der Waals surface area (Å²) in [5.41, 5.74) is 5.78. The summed E-state index contributed by atoms with van der Waals surface area (Å²) in [4.78, 5) is 16.3. The molecule has 41 heavy (non-hydrogen) atoms. The summed E-state index contributed by atoms with van der Waals surface area (Å²) in [7, 11) is 0. The van der Waals surface area contributed by atoms with E-state index < -0.39 is 0 Å². The molecule has 0 unspecified atom stereocenters. The van der Waals surface area contributed by atoms with Crippen LogP contribution in [0.4, 0.5) is 10.5 Å². The molecule has 1 N–H and O–H groups in total. The number of anilines is 1. The van der Waals surface area contributed by atoms with E-state index in [1.54, 1.807) is 4.90 Å². The van der Waals surface area contributed by atoms with Crippen LogP contribution in [-0.4, -0.2) is 11.2 Å². The number of benzene rings is 3. The maximum Gasteiger partial charge on any atom is 0.420 e. The van der Waals surface area contributed by atoms with Gasteiger partial charge >= 0.3 is 6.09 Å². The lowest BCUT2D eigenvalue weighted by atomic mass is 9.89. The number of ether oxygens (including phenoxy) is 1. The fourth-order valence-corrected chi connectivity index (χ4v) is 6.30. The zero-order valence-corrected chi connectivity index (χ0v) is 25.9. The lowest BCUT2D eigenvalue weighted by molar-refractivity contribution is 0.204. The molecule has 2 saturated carbocycles. The Morgan fingerprint density at radius 2 is 1.27 bits per heavy atom. The van der Waals surface area contributed by atoms with Crippen molar-refractivity contribution < 1.29 is 14.6 Å². The SMILES string of the molecule is CC(C)c1cc(N(C(=O)Oc2c(C(C)C)cccc2[C@@H](C)C2CC2)[C@H](C)c2ccccc2)cc([C@@H](C)C2CC2)c1O. The molecule has 4 heteroatoms. The first-order valence-corrected chi connectivity index (χ1v) is 15.6. The predicted molar refractivity (Wildman–Crippen MR) is 168 cm³/mol. The fraction of sp³-hybridized carbons (Fsp3) is 0.486. The van der Waals surface area contributed by atoms with Crippen LogP contribution in [0.25, 0.3) is 0 Å². The first-order chi connectivity index (χ1) is 19.6. The molecule has 2 aliphatic rings. The van der Waals surface area contributed by atoms with E-state index in [4.69, 9.17) is 4.74 Å². The summed E-state index contributed by atoms with van der Waals surface area (Å²) >= 11 is 0. The van der Waals surface area contributed by atoms with Crippen molar-refractivity contribution in [2.24, 2.45) is 11.8 Å². The van der Waals surface area contributed by atoms with E-state index in [1.165, 1.54) is 25.7 Å². The van der Waals surface area contributed by atoms with E-state index >= 15 is 0 Å². The van der Waals surface area contributed by atoms with Crippen LogP contribution in [0.3, 0.4) is 0 Å². The largest absolute Gasteiger partial charge is 0.507 e. The number of hydrogen-bond donors (Lipinski definition) is 1. The Labute approximate surface area is 246 Å². The second kappa shape index (κ2) is 11.9. The molecule has 2 fully saturated rings. The summed E-state index contributed by atoms with van der Waals surface area (Å²) < 4.78 is 6.51. The van der Waals surface area contributed by atoms with Crippen LogP contribution in [-0.2, 0) is 0 Å². The highest BCUT2D eigenvalue weighted by molar-refractivity contribution is 5.91. The van der Waals surface area contributed by atoms with Gasteiger partial charge in [0.15, 0.2) is 0 Å². The average molecular weight is 554 g/mol. The first-order valence-electron chi connectivity index (χ1n) is 15.6. The summed E-state index contributed by atoms with van der Waals surface area (Å²) in [5, 5.41) is 11.4. The molecule has 0 spiro atoms. The molecule has 3 aromatic rings. The van der Waals surface area contributed by atoms with Gasteiger partial charge in [0.25, 0.3) is 0 Å². The summed E-state index contributed by atoms with van der Waals surface area (Å²) in [6.07, 6.45) is 4.43. The Bertz CT molecular complexity index is 1370. The lowest BCUT2D eigenvalue weighted by Gasteiger charge is -2.32. The van der Waals surface area contributed by atoms with Crippen LogP contribution in [0.1, 0.15) is 132 Å². The molecule has 0 bridgehead atoms. The van der Waals surface area contributed by atoms with Gasteiger partial charge in [-0.05, 0) is 108 Å². The smallest absolute Gasteiger partial charge is 0.420 e. The molecule has 218 valence electrons. The van der Waals surface area contributed by atoms with Crippen LogP contribution in [0.5, 0.6) is 11.5 Å². The highest BCUT2D eigenvalue weighted by atomic mass is 16.6. The second-order valence-corrected chi connectivity index (χ2v) is 13.1. The molecule has 3 atom stereocenters. The minimum absolute atomic E-state index is 0.109. The molecule has 3 aromatic carbocycles. The molecule has 0 aliphatic heterocycles. The van der Waals surface area contributed by atoms with Gasteiger partial charge in [0.2, 0.25) is 0 Å². The monoisotopic (exact) mass is 553 g/mol. The number of carbonyl (C=O) groups excluding carboxylic acids is 1. The Hall–Kier alpha value is -3.27. The van der Waals surface area contributed by atoms with Crippen molar-refractivity contribution in [3.8, 4) is 11.5 Å². The first kappa shape index (κ1) is 29.2. The van der Waals surface area contributed by atoms with Crippen LogP contribution in [0.15, 0.2) is 60.7 Å². The van der Waals surface area contributed by atoms with Crippen molar-refractivity contribution in [3.05, 3.63) is 88.5 Å². The van der Waals surface area contributed by atoms with E-state index in [0.717, 1.165) is 33.5 Å². The van der Waals surface area contributed by atoms with Crippen LogP contribution >= 0.6 is 0 Å². The number of carbonyl (C=O) groups is 1. The van der Waals surface area contributed by atoms with Gasteiger partial charge in [-0.25, -0.2) is 4.79 Å². The van der Waals surface area contributed by atoms with E-state index in [-0.39, 0.29) is 29.9 Å². The number of phenols is 1. The van der Waals surface area contributed by atoms with Gasteiger partial charge in [0.1, 0.15) is 11.5 Å². The number of hydrogen-bond acceptors (Lipinski definition) is 3. The van der Waals surface area contributed by atoms with Gasteiger partial charge in [-0.3, -0.25) is 4.90 Å². The zero-order valence-electron chi connectivity index (χ0n) is 25.9. The molecule has 0 radical (unpaired) electrons. The van der Waals surface area contributed by atoms with Crippen molar-refractivity contribution in [3.63, 3.8) is 0 Å². The molecule has 2 aliphatic carbocycles. The zero-order chi connectivity index (χ0) is 29.4. The van der Waals surface area contributed by atoms with Crippen molar-refractivity contribution in [2.45, 2.75) is 104 Å². The molecule has 0 aromatic heterocycles. The van der Waals surface area contributed by atoms with Crippen molar-refractivity contribution >= 4 is 11.8 Å². The molecule has 5 rings (SSSR count). The second-order valence-electron chi connectivity index (χ2n) is 13.1. The third-order valence-electron chi connectivity index (χ3n) is 9.45. The van der Waals surface area contributed by atoms with E-state index in [2.05, 4.69) is 78.8 Å². The Balaban J connectivity index is 1.62. The maximum absolute atomic E-state index is 14.5. The number of para-hydroxylation sites is 1. The number of rotatable bonds is 10. The minimum atomic E-state index is -0.385. The van der Waals surface area contributed by atoms with Crippen LogP contribution < -0.4 is 9.64 Å². The standard InChI is InChI=1S/C37H47NO3/c1-22(2)31-14-11-15-32(24(5)27-16-17-27)36(31)41-37(40)38(26(7)29-12-9-8-10-13-29)30-20-33(23(3)4)35(39)34(21-30)25(6)28-18-19-28/h8-15,20-28,39H,16-19H2,1-7H3/t24-,25-,26+/m0/s1. The van der Waals surface area contributed by atoms with Gasteiger partial charge in [-0.15, -0.1) is 0 Å². The third kappa shape index (κ3) is 6.17. The molecule has 1 amide bonds. The predicted octanol–water partition coefficient (Wildman–Crippen LogP) is 10.4. The highest BCUT2D eigenvalue weighted by Crippen LogP contribution is 2.49. The molecule has 0 heterocycles. The van der Waals surface area contributed by atoms with E-state index in [1.807, 2.05) is 30.3 Å². The van der Waals surface area contributed by atoms with Gasteiger partial charge in [-0.1, -0.05) is 90.1 Å². The van der Waals surface area contributed by atoms with Gasteiger partial charge in [-0.2, -0.15) is 0 Å². The molecule has 4 nitrogen and oxygen atoms in total. The quantitative estimate of drug-likeness (QED) is 0.272. The topological polar surface area (TPSA) is 49.8 Å². The Morgan fingerprint density at radius 3 is 1.83 bits per heavy atom. The van der Waals surface area contributed by atoms with Crippen LogP contribution in [0, 0.1) is 11.8 Å². The number of nitrogens with zero attached hydrogens (tertiary/aromatic N) is 1. The highest BCUT2D eigenvalue weighted by Gasteiger charge is 2.35. The van der Waals surface area contributed by atoms with E-state index in [9.17, 15) is 9.90 Å². The van der Waals surface area contributed by atoms with Crippen LogP contribution in [0.2, 0.25) is 0 Å². The number of phenolic OH excluding ortho intramolecular Hbond substituents is 1. The molecule has 0 saturated heterocycles. The minimum Gasteiger partial charge on any atom is -0.507 e.